The molecule has 1 heterocycles. The first-order chi connectivity index (χ1) is 14.3. The van der Waals surface area contributed by atoms with Gasteiger partial charge in [-0.05, 0) is 54.3 Å². The lowest BCUT2D eigenvalue weighted by atomic mass is 9.87. The van der Waals surface area contributed by atoms with Crippen LogP contribution >= 0.6 is 0 Å². The first kappa shape index (κ1) is 22.1. The zero-order valence-electron chi connectivity index (χ0n) is 18.4. The van der Waals surface area contributed by atoms with Crippen LogP contribution in [-0.2, 0) is 17.8 Å². The maximum atomic E-state index is 13.8. The smallest absolute Gasteiger partial charge is 0.222 e. The maximum absolute atomic E-state index is 13.8. The molecule has 30 heavy (non-hydrogen) atoms. The number of hydrogen-bond donors (Lipinski definition) is 1. The van der Waals surface area contributed by atoms with E-state index in [1.165, 1.54) is 11.6 Å². The summed E-state index contributed by atoms with van der Waals surface area (Å²) in [6, 6.07) is 10.5. The van der Waals surface area contributed by atoms with E-state index in [0.29, 0.717) is 18.0 Å². The molecular formula is C24H31FN2O3. The molecule has 2 aromatic carbocycles. The average Bonchev–Trinajstić information content (AvgIpc) is 2.72. The zero-order chi connectivity index (χ0) is 21.8. The van der Waals surface area contributed by atoms with Crippen molar-refractivity contribution in [3.63, 3.8) is 0 Å². The van der Waals surface area contributed by atoms with Crippen molar-refractivity contribution < 1.29 is 18.7 Å². The number of rotatable bonds is 7. The van der Waals surface area contributed by atoms with Crippen molar-refractivity contribution in [2.75, 3.05) is 20.8 Å². The van der Waals surface area contributed by atoms with Crippen LogP contribution in [0.15, 0.2) is 36.4 Å². The molecule has 3 rings (SSSR count). The number of carbonyl (C=O) groups is 1. The highest BCUT2D eigenvalue weighted by molar-refractivity contribution is 5.78. The van der Waals surface area contributed by atoms with Crippen molar-refractivity contribution >= 4 is 5.91 Å². The lowest BCUT2D eigenvalue weighted by Gasteiger charge is -2.41. The fourth-order valence-corrected chi connectivity index (χ4v) is 4.13. The van der Waals surface area contributed by atoms with Gasteiger partial charge in [-0.3, -0.25) is 9.69 Å². The van der Waals surface area contributed by atoms with Gasteiger partial charge in [-0.2, -0.15) is 0 Å². The first-order valence-corrected chi connectivity index (χ1v) is 10.4. The Morgan fingerprint density at radius 3 is 2.50 bits per heavy atom. The van der Waals surface area contributed by atoms with E-state index in [1.807, 2.05) is 39.0 Å². The van der Waals surface area contributed by atoms with E-state index >= 15 is 0 Å². The van der Waals surface area contributed by atoms with Crippen LogP contribution < -0.4 is 14.8 Å². The minimum absolute atomic E-state index is 0.0146. The van der Waals surface area contributed by atoms with Gasteiger partial charge in [0.2, 0.25) is 5.91 Å². The Hall–Kier alpha value is -2.60. The Balaban J connectivity index is 1.99. The van der Waals surface area contributed by atoms with Crippen molar-refractivity contribution in [1.29, 1.82) is 0 Å². The molecule has 0 radical (unpaired) electrons. The minimum atomic E-state index is -0.242. The molecule has 0 spiro atoms. The zero-order valence-corrected chi connectivity index (χ0v) is 18.4. The van der Waals surface area contributed by atoms with Gasteiger partial charge in [0.25, 0.3) is 0 Å². The SMILES string of the molecule is COc1cc2c(cc1OC)[C@H]([C@@H](C)NC(=O)C(C)C)N(Cc1cccc(F)c1)CC2. The second-order valence-corrected chi connectivity index (χ2v) is 8.15. The van der Waals surface area contributed by atoms with Crippen molar-refractivity contribution in [3.8, 4) is 11.5 Å². The standard InChI is InChI=1S/C24H31FN2O3/c1-15(2)24(28)26-16(3)23-20-13-22(30-5)21(29-4)12-18(20)9-10-27(23)14-17-7-6-8-19(25)11-17/h6-8,11-13,15-16,23H,9-10,14H2,1-5H3,(H,26,28)/t16-,23+/m1/s1. The second-order valence-electron chi connectivity index (χ2n) is 8.15. The molecule has 0 saturated carbocycles. The van der Waals surface area contributed by atoms with E-state index in [9.17, 15) is 9.18 Å². The Bertz CT molecular complexity index is 900. The summed E-state index contributed by atoms with van der Waals surface area (Å²) in [5.74, 6) is 1.04. The number of hydrogen-bond acceptors (Lipinski definition) is 4. The molecule has 2 atom stereocenters. The Morgan fingerprint density at radius 2 is 1.87 bits per heavy atom. The average molecular weight is 415 g/mol. The molecule has 0 aliphatic carbocycles. The summed E-state index contributed by atoms with van der Waals surface area (Å²) in [7, 11) is 3.25. The summed E-state index contributed by atoms with van der Waals surface area (Å²) in [6.07, 6.45) is 0.840. The molecule has 0 bridgehead atoms. The summed E-state index contributed by atoms with van der Waals surface area (Å²) < 4.78 is 24.8. The van der Waals surface area contributed by atoms with Crippen LogP contribution in [0.25, 0.3) is 0 Å². The number of nitrogens with one attached hydrogen (secondary N) is 1. The Kier molecular flexibility index (Phi) is 6.98. The summed E-state index contributed by atoms with van der Waals surface area (Å²) >= 11 is 0. The number of nitrogens with zero attached hydrogens (tertiary/aromatic N) is 1. The molecule has 2 aromatic rings. The predicted molar refractivity (Wildman–Crippen MR) is 115 cm³/mol. The van der Waals surface area contributed by atoms with Crippen LogP contribution in [-0.4, -0.2) is 37.6 Å². The largest absolute Gasteiger partial charge is 0.493 e. The van der Waals surface area contributed by atoms with Gasteiger partial charge >= 0.3 is 0 Å². The number of halogens is 1. The Morgan fingerprint density at radius 1 is 1.17 bits per heavy atom. The predicted octanol–water partition coefficient (Wildman–Crippen LogP) is 4.10. The fourth-order valence-electron chi connectivity index (χ4n) is 4.13. The minimum Gasteiger partial charge on any atom is -0.493 e. The quantitative estimate of drug-likeness (QED) is 0.741. The molecule has 5 nitrogen and oxygen atoms in total. The third kappa shape index (κ3) is 4.75. The summed E-state index contributed by atoms with van der Waals surface area (Å²) in [5, 5.41) is 3.16. The highest BCUT2D eigenvalue weighted by Gasteiger charge is 2.34. The molecule has 1 N–H and O–H groups in total. The van der Waals surface area contributed by atoms with E-state index < -0.39 is 0 Å². The molecule has 1 amide bonds. The molecular weight excluding hydrogens is 383 g/mol. The number of amides is 1. The van der Waals surface area contributed by atoms with Crippen molar-refractivity contribution in [1.82, 2.24) is 10.2 Å². The molecule has 0 aromatic heterocycles. The maximum Gasteiger partial charge on any atom is 0.222 e. The molecule has 162 valence electrons. The van der Waals surface area contributed by atoms with Gasteiger partial charge in [-0.1, -0.05) is 26.0 Å². The molecule has 0 saturated heterocycles. The third-order valence-corrected chi connectivity index (χ3v) is 5.67. The molecule has 1 aliphatic heterocycles. The normalized spacial score (nSPS) is 17.4. The van der Waals surface area contributed by atoms with E-state index in [2.05, 4.69) is 10.2 Å². The summed E-state index contributed by atoms with van der Waals surface area (Å²) in [6.45, 7) is 7.18. The first-order valence-electron chi connectivity index (χ1n) is 10.4. The lowest BCUT2D eigenvalue weighted by molar-refractivity contribution is -0.125. The number of ether oxygens (including phenoxy) is 2. The van der Waals surface area contributed by atoms with Gasteiger partial charge in [-0.25, -0.2) is 4.39 Å². The van der Waals surface area contributed by atoms with Crippen LogP contribution in [0.4, 0.5) is 4.39 Å². The van der Waals surface area contributed by atoms with Gasteiger partial charge in [0.1, 0.15) is 5.82 Å². The topological polar surface area (TPSA) is 50.8 Å². The number of methoxy groups -OCH3 is 2. The molecule has 0 unspecified atom stereocenters. The molecule has 1 aliphatic rings. The molecule has 6 heteroatoms. The van der Waals surface area contributed by atoms with Gasteiger partial charge in [0.05, 0.1) is 20.3 Å². The van der Waals surface area contributed by atoms with E-state index in [4.69, 9.17) is 9.47 Å². The van der Waals surface area contributed by atoms with Crippen molar-refractivity contribution in [2.24, 2.45) is 5.92 Å². The van der Waals surface area contributed by atoms with E-state index in [1.54, 1.807) is 26.4 Å². The number of fused-ring (bicyclic) bond motifs is 1. The highest BCUT2D eigenvalue weighted by Crippen LogP contribution is 2.40. The van der Waals surface area contributed by atoms with Crippen LogP contribution in [0.3, 0.4) is 0 Å². The van der Waals surface area contributed by atoms with Crippen molar-refractivity contribution in [2.45, 2.75) is 45.8 Å². The Labute approximate surface area is 178 Å². The second kappa shape index (κ2) is 9.47. The lowest BCUT2D eigenvalue weighted by Crippen LogP contribution is -2.48. The van der Waals surface area contributed by atoms with Crippen LogP contribution in [0.5, 0.6) is 11.5 Å². The summed E-state index contributed by atoms with van der Waals surface area (Å²) in [4.78, 5) is 14.7. The number of carbonyl (C=O) groups excluding carboxylic acids is 1. The van der Waals surface area contributed by atoms with Gasteiger partial charge in [0, 0.05) is 25.0 Å². The number of benzene rings is 2. The monoisotopic (exact) mass is 414 g/mol. The van der Waals surface area contributed by atoms with Crippen LogP contribution in [0, 0.1) is 11.7 Å². The van der Waals surface area contributed by atoms with Gasteiger partial charge in [0.15, 0.2) is 11.5 Å². The third-order valence-electron chi connectivity index (χ3n) is 5.67. The van der Waals surface area contributed by atoms with Crippen molar-refractivity contribution in [3.05, 3.63) is 58.9 Å². The summed E-state index contributed by atoms with van der Waals surface area (Å²) in [5.41, 5.74) is 3.19. The van der Waals surface area contributed by atoms with E-state index in [0.717, 1.165) is 24.1 Å². The highest BCUT2D eigenvalue weighted by atomic mass is 19.1. The fraction of sp³-hybridized carbons (Fsp3) is 0.458. The van der Waals surface area contributed by atoms with E-state index in [-0.39, 0.29) is 29.7 Å². The van der Waals surface area contributed by atoms with Gasteiger partial charge < -0.3 is 14.8 Å². The van der Waals surface area contributed by atoms with Gasteiger partial charge in [-0.15, -0.1) is 0 Å². The van der Waals surface area contributed by atoms with Crippen LogP contribution in [0.2, 0.25) is 0 Å². The molecule has 0 fully saturated rings. The van der Waals surface area contributed by atoms with Crippen LogP contribution in [0.1, 0.15) is 43.5 Å².